The lowest BCUT2D eigenvalue weighted by Crippen LogP contribution is -2.47. The van der Waals surface area contributed by atoms with Crippen LogP contribution < -0.4 is 5.43 Å². The Bertz CT molecular complexity index is 1200. The number of hydrogen-bond donors (Lipinski definition) is 2. The predicted molar refractivity (Wildman–Crippen MR) is 125 cm³/mol. The number of ether oxygens (including phenoxy) is 1. The summed E-state index contributed by atoms with van der Waals surface area (Å²) in [7, 11) is 0. The molecule has 8 nitrogen and oxygen atoms in total. The first-order valence-corrected chi connectivity index (χ1v) is 11.1. The van der Waals surface area contributed by atoms with Gasteiger partial charge in [0.25, 0.3) is 5.91 Å². The lowest BCUT2D eigenvalue weighted by atomic mass is 9.83. The summed E-state index contributed by atoms with van der Waals surface area (Å²) >= 11 is 0. The van der Waals surface area contributed by atoms with Crippen LogP contribution >= 0.6 is 0 Å². The zero-order chi connectivity index (χ0) is 24.2. The Morgan fingerprint density at radius 1 is 1.06 bits per heavy atom. The largest absolute Gasteiger partial charge is 0.503 e. The number of aromatic carboxylic acids is 1. The molecule has 4 rings (SSSR count). The van der Waals surface area contributed by atoms with Crippen molar-refractivity contribution in [2.75, 3.05) is 26.3 Å². The first-order chi connectivity index (χ1) is 16.4. The quantitative estimate of drug-likeness (QED) is 0.498. The summed E-state index contributed by atoms with van der Waals surface area (Å²) < 4.78 is 6.90. The molecule has 0 saturated heterocycles. The van der Waals surface area contributed by atoms with E-state index in [0.29, 0.717) is 13.2 Å². The smallest absolute Gasteiger partial charge is 0.341 e. The van der Waals surface area contributed by atoms with Gasteiger partial charge in [-0.05, 0) is 18.1 Å². The summed E-state index contributed by atoms with van der Waals surface area (Å²) in [6, 6.07) is 18.9. The molecule has 0 saturated carbocycles. The van der Waals surface area contributed by atoms with Crippen LogP contribution in [-0.4, -0.2) is 57.9 Å². The van der Waals surface area contributed by atoms with Crippen LogP contribution in [0.3, 0.4) is 0 Å². The average molecular weight is 463 g/mol. The van der Waals surface area contributed by atoms with E-state index in [4.69, 9.17) is 4.74 Å². The molecule has 2 aromatic carbocycles. The molecule has 0 bridgehead atoms. The van der Waals surface area contributed by atoms with Crippen LogP contribution in [0, 0.1) is 0 Å². The van der Waals surface area contributed by atoms with Gasteiger partial charge in [0.15, 0.2) is 11.4 Å². The van der Waals surface area contributed by atoms with Gasteiger partial charge in [-0.1, -0.05) is 60.7 Å². The molecule has 1 aliphatic rings. The van der Waals surface area contributed by atoms with Crippen molar-refractivity contribution in [3.8, 4) is 5.75 Å². The number of carbonyl (C=O) groups is 2. The normalized spacial score (nSPS) is 15.4. The summed E-state index contributed by atoms with van der Waals surface area (Å²) in [5, 5.41) is 20.3. The molecule has 1 amide bonds. The summed E-state index contributed by atoms with van der Waals surface area (Å²) in [5.74, 6) is -3.14. The lowest BCUT2D eigenvalue weighted by molar-refractivity contribution is 0.0540. The molecule has 0 aliphatic carbocycles. The minimum absolute atomic E-state index is 0.209. The van der Waals surface area contributed by atoms with Crippen molar-refractivity contribution in [1.29, 1.82) is 0 Å². The number of aromatic hydroxyl groups is 1. The third-order valence-electron chi connectivity index (χ3n) is 6.11. The highest BCUT2D eigenvalue weighted by molar-refractivity contribution is 5.97. The molecular weight excluding hydrogens is 436 g/mol. The zero-order valence-corrected chi connectivity index (χ0v) is 18.8. The minimum Gasteiger partial charge on any atom is -0.503 e. The Morgan fingerprint density at radius 2 is 1.65 bits per heavy atom. The maximum Gasteiger partial charge on any atom is 0.341 e. The van der Waals surface area contributed by atoms with E-state index in [9.17, 15) is 24.6 Å². The van der Waals surface area contributed by atoms with E-state index in [1.807, 2.05) is 67.6 Å². The molecule has 0 radical (unpaired) electrons. The van der Waals surface area contributed by atoms with Crippen molar-refractivity contribution < 1.29 is 24.5 Å². The third kappa shape index (κ3) is 4.32. The number of hydrogen-bond acceptors (Lipinski definition) is 5. The Labute approximate surface area is 196 Å². The number of amides is 1. The van der Waals surface area contributed by atoms with E-state index in [0.717, 1.165) is 11.1 Å². The van der Waals surface area contributed by atoms with Gasteiger partial charge in [0.1, 0.15) is 5.56 Å². The highest BCUT2D eigenvalue weighted by Crippen LogP contribution is 2.40. The van der Waals surface area contributed by atoms with Crippen molar-refractivity contribution in [2.45, 2.75) is 18.9 Å². The van der Waals surface area contributed by atoms with Crippen LogP contribution in [-0.2, 0) is 4.74 Å². The van der Waals surface area contributed by atoms with Crippen molar-refractivity contribution >= 4 is 11.9 Å². The summed E-state index contributed by atoms with van der Waals surface area (Å²) in [5.41, 5.74) is 0.0485. The number of nitrogens with zero attached hydrogens (tertiary/aromatic N) is 2. The number of pyridine rings is 1. The molecule has 0 spiro atoms. The van der Waals surface area contributed by atoms with Crippen molar-refractivity contribution in [2.24, 2.45) is 0 Å². The van der Waals surface area contributed by atoms with Crippen LogP contribution in [0.15, 0.2) is 71.7 Å². The van der Waals surface area contributed by atoms with E-state index in [-0.39, 0.29) is 24.7 Å². The second-order valence-corrected chi connectivity index (χ2v) is 8.10. The molecule has 1 aliphatic heterocycles. The van der Waals surface area contributed by atoms with Crippen LogP contribution in [0.2, 0.25) is 0 Å². The number of carboxylic acids is 1. The van der Waals surface area contributed by atoms with Gasteiger partial charge in [0.2, 0.25) is 5.43 Å². The third-order valence-corrected chi connectivity index (χ3v) is 6.11. The number of fused-ring (bicyclic) bond motifs is 1. The molecule has 1 aromatic heterocycles. The standard InChI is InChI=1S/C26H26N2O6/c1-2-34-14-13-27-16-20(21(17-9-5-3-6-10-17)18-11-7-4-8-12-18)28-15-19(26(32)33)23(29)24(30)22(28)25(27)31/h3-12,15,20-21,30H,2,13-14,16H2,1H3,(H,32,33). The van der Waals surface area contributed by atoms with Gasteiger partial charge in [0, 0.05) is 31.8 Å². The van der Waals surface area contributed by atoms with Gasteiger partial charge >= 0.3 is 5.97 Å². The predicted octanol–water partition coefficient (Wildman–Crippen LogP) is 3.12. The Morgan fingerprint density at radius 3 is 2.18 bits per heavy atom. The highest BCUT2D eigenvalue weighted by atomic mass is 16.5. The van der Waals surface area contributed by atoms with Gasteiger partial charge in [-0.2, -0.15) is 0 Å². The first kappa shape index (κ1) is 23.3. The molecular formula is C26H26N2O6. The van der Waals surface area contributed by atoms with Crippen LogP contribution in [0.25, 0.3) is 0 Å². The van der Waals surface area contributed by atoms with E-state index >= 15 is 0 Å². The highest BCUT2D eigenvalue weighted by Gasteiger charge is 2.39. The van der Waals surface area contributed by atoms with Gasteiger partial charge in [-0.25, -0.2) is 4.79 Å². The van der Waals surface area contributed by atoms with E-state index in [1.54, 1.807) is 4.90 Å². The summed E-state index contributed by atoms with van der Waals surface area (Å²) in [6.45, 7) is 3.16. The summed E-state index contributed by atoms with van der Waals surface area (Å²) in [6.07, 6.45) is 1.18. The van der Waals surface area contributed by atoms with Gasteiger partial charge < -0.3 is 24.4 Å². The number of aromatic nitrogens is 1. The van der Waals surface area contributed by atoms with E-state index < -0.39 is 34.7 Å². The van der Waals surface area contributed by atoms with E-state index in [2.05, 4.69) is 0 Å². The number of rotatable bonds is 8. The number of carbonyl (C=O) groups excluding carboxylic acids is 1. The summed E-state index contributed by atoms with van der Waals surface area (Å²) in [4.78, 5) is 39.2. The zero-order valence-electron chi connectivity index (χ0n) is 18.8. The average Bonchev–Trinajstić information content (AvgIpc) is 2.84. The van der Waals surface area contributed by atoms with Gasteiger partial charge in [-0.15, -0.1) is 0 Å². The molecule has 34 heavy (non-hydrogen) atoms. The second-order valence-electron chi connectivity index (χ2n) is 8.10. The SMILES string of the molecule is CCOCCN1CC(C(c2ccccc2)c2ccccc2)n2cc(C(=O)O)c(=O)c(O)c2C1=O. The Kier molecular flexibility index (Phi) is 6.79. The molecule has 2 N–H and O–H groups in total. The molecule has 1 unspecified atom stereocenters. The van der Waals surface area contributed by atoms with Crippen molar-refractivity contribution in [3.05, 3.63) is 99.5 Å². The topological polar surface area (TPSA) is 109 Å². The van der Waals surface area contributed by atoms with Crippen molar-refractivity contribution in [3.63, 3.8) is 0 Å². The Hall–Kier alpha value is -3.91. The monoisotopic (exact) mass is 462 g/mol. The molecule has 8 heteroatoms. The van der Waals surface area contributed by atoms with Crippen LogP contribution in [0.4, 0.5) is 0 Å². The molecule has 176 valence electrons. The maximum absolute atomic E-state index is 13.3. The van der Waals surface area contributed by atoms with E-state index in [1.165, 1.54) is 10.8 Å². The number of benzene rings is 2. The molecule has 3 aromatic rings. The fourth-order valence-corrected chi connectivity index (χ4v) is 4.53. The van der Waals surface area contributed by atoms with Gasteiger partial charge in [-0.3, -0.25) is 9.59 Å². The minimum atomic E-state index is -1.46. The fraction of sp³-hybridized carbons (Fsp3) is 0.269. The first-order valence-electron chi connectivity index (χ1n) is 11.1. The Balaban J connectivity index is 1.94. The number of carboxylic acid groups (broad SMARTS) is 1. The lowest BCUT2D eigenvalue weighted by Gasteiger charge is -2.40. The van der Waals surface area contributed by atoms with Gasteiger partial charge in [0.05, 0.1) is 12.6 Å². The fourth-order valence-electron chi connectivity index (χ4n) is 4.53. The second kappa shape index (κ2) is 9.93. The molecule has 2 heterocycles. The van der Waals surface area contributed by atoms with Crippen LogP contribution in [0.1, 0.15) is 50.9 Å². The van der Waals surface area contributed by atoms with Crippen LogP contribution in [0.5, 0.6) is 5.75 Å². The molecule has 0 fully saturated rings. The van der Waals surface area contributed by atoms with Crippen molar-refractivity contribution in [1.82, 2.24) is 9.47 Å². The molecule has 1 atom stereocenters. The maximum atomic E-state index is 13.3.